The summed E-state index contributed by atoms with van der Waals surface area (Å²) in [5, 5.41) is 12.7. The third-order valence-electron chi connectivity index (χ3n) is 12.5. The quantitative estimate of drug-likeness (QED) is 0.0290. The molecule has 9 rings (SSSR count). The lowest BCUT2D eigenvalue weighted by Crippen LogP contribution is -2.45. The number of halogens is 4. The third kappa shape index (κ3) is 7.55. The highest BCUT2D eigenvalue weighted by molar-refractivity contribution is 7.89. The van der Waals surface area contributed by atoms with E-state index < -0.39 is 72.4 Å². The number of ether oxygens (including phenoxy) is 2. The van der Waals surface area contributed by atoms with Gasteiger partial charge in [0.1, 0.15) is 24.6 Å². The zero-order valence-corrected chi connectivity index (χ0v) is 35.4. The maximum absolute atomic E-state index is 14.3. The number of carboxylic acid groups (broad SMARTS) is 1. The lowest BCUT2D eigenvalue weighted by atomic mass is 9.82. The molecule has 332 valence electrons. The molecule has 4 aromatic rings. The number of hydrogen-bond donors (Lipinski definition) is 3. The summed E-state index contributed by atoms with van der Waals surface area (Å²) in [6.45, 7) is 3.68. The molecule has 0 radical (unpaired) electrons. The first-order chi connectivity index (χ1) is 30.0. The van der Waals surface area contributed by atoms with Gasteiger partial charge in [-0.15, -0.1) is 0 Å². The number of sulfonamides is 1. The van der Waals surface area contributed by atoms with Crippen molar-refractivity contribution in [3.05, 3.63) is 103 Å². The molecule has 0 aromatic heterocycles. The van der Waals surface area contributed by atoms with Crippen molar-refractivity contribution in [1.29, 1.82) is 0 Å². The number of nitrogens with zero attached hydrogens (tertiary/aromatic N) is 2. The lowest BCUT2D eigenvalue weighted by molar-refractivity contribution is -0.135. The minimum absolute atomic E-state index is 0.0209. The molecule has 0 atom stereocenters. The molecule has 0 amide bonds. The lowest BCUT2D eigenvalue weighted by Gasteiger charge is -2.39. The zero-order valence-electron chi connectivity index (χ0n) is 33.8. The second-order valence-electron chi connectivity index (χ2n) is 16.4. The van der Waals surface area contributed by atoms with Crippen molar-refractivity contribution in [1.82, 2.24) is 9.30 Å². The van der Waals surface area contributed by atoms with Crippen molar-refractivity contribution in [2.24, 2.45) is 0 Å². The minimum atomic E-state index is -5.70. The standard InChI is InChI=1S/C44H41F4N3O10S2/c45-34-36(47)43(63(57,58)59)37(48)35(46)42(34)60-32(52)12-2-1-3-15-49-62(55,56)25-13-14-26(29(22-25)44(53)54)33-30-20-23-8-4-16-50-18-6-10-27(38(23)50)40(30)61-41-28-11-7-19-51-17-5-9-24(39(28)51)21-31(33)41/h13-14,20-22,49H,1-12,15-19H2,(H-,53,54,57,58,59)/p+1. The summed E-state index contributed by atoms with van der Waals surface area (Å²) in [4.78, 5) is 25.3. The Bertz CT molecular complexity index is 3000. The van der Waals surface area contributed by atoms with E-state index in [1.165, 1.54) is 28.2 Å². The van der Waals surface area contributed by atoms with Crippen molar-refractivity contribution >= 4 is 43.3 Å². The topological polar surface area (TPSA) is 180 Å². The highest BCUT2D eigenvalue weighted by atomic mass is 32.2. The number of fused-ring (bicyclic) bond motifs is 4. The van der Waals surface area contributed by atoms with Gasteiger partial charge in [-0.3, -0.25) is 9.35 Å². The number of benzene rings is 4. The summed E-state index contributed by atoms with van der Waals surface area (Å²) in [7, 11) is -9.97. The van der Waals surface area contributed by atoms with Gasteiger partial charge in [0.25, 0.3) is 0 Å². The number of esters is 1. The molecule has 0 bridgehead atoms. The van der Waals surface area contributed by atoms with Crippen LogP contribution in [0, 0.1) is 23.3 Å². The first-order valence-electron chi connectivity index (χ1n) is 20.9. The average molecular weight is 913 g/mol. The van der Waals surface area contributed by atoms with E-state index in [1.54, 1.807) is 6.07 Å². The highest BCUT2D eigenvalue weighted by Gasteiger charge is 2.38. The molecule has 5 heterocycles. The zero-order chi connectivity index (χ0) is 44.5. The highest BCUT2D eigenvalue weighted by Crippen LogP contribution is 2.49. The van der Waals surface area contributed by atoms with Crippen LogP contribution < -0.4 is 34.2 Å². The van der Waals surface area contributed by atoms with Crippen LogP contribution in [0.3, 0.4) is 0 Å². The summed E-state index contributed by atoms with van der Waals surface area (Å²) in [5.74, 6) is -12.7. The molecule has 0 saturated heterocycles. The SMILES string of the molecule is O=C(CCCCCNS(=O)(=O)c1ccc(C2=c3cc4c5c(c3Oc3c2cc2c6c3CCCN6CCC2)CCC[N+]=5CCC4)c(C(=O)O)c1)Oc1c(F)c(F)c(S(=O)(=O)O)c(F)c1F. The number of hydrogen-bond acceptors (Lipinski definition) is 9. The van der Waals surface area contributed by atoms with Gasteiger partial charge in [-0.2, -0.15) is 17.2 Å². The molecule has 0 unspecified atom stereocenters. The Morgan fingerprint density at radius 3 is 2.19 bits per heavy atom. The molecule has 0 spiro atoms. The Kier molecular flexibility index (Phi) is 11.1. The molecule has 5 aliphatic rings. The van der Waals surface area contributed by atoms with Gasteiger partial charge in [-0.1, -0.05) is 12.5 Å². The average Bonchev–Trinajstić information content (AvgIpc) is 3.25. The fourth-order valence-corrected chi connectivity index (χ4v) is 11.6. The smallest absolute Gasteiger partial charge is 0.336 e. The molecule has 3 N–H and O–H groups in total. The Morgan fingerprint density at radius 2 is 1.48 bits per heavy atom. The molecular weight excluding hydrogens is 871 g/mol. The van der Waals surface area contributed by atoms with E-state index >= 15 is 0 Å². The van der Waals surface area contributed by atoms with E-state index in [9.17, 15) is 49.1 Å². The summed E-state index contributed by atoms with van der Waals surface area (Å²) in [6.07, 6.45) is 7.02. The predicted molar refractivity (Wildman–Crippen MR) is 219 cm³/mol. The van der Waals surface area contributed by atoms with Crippen molar-refractivity contribution in [3.63, 3.8) is 0 Å². The van der Waals surface area contributed by atoms with Crippen LogP contribution in [0.4, 0.5) is 23.2 Å². The number of carboxylic acids is 1. The maximum atomic E-state index is 14.3. The van der Waals surface area contributed by atoms with E-state index in [0.29, 0.717) is 11.1 Å². The molecular formula is C44H42F4N3O10S2+. The van der Waals surface area contributed by atoms with Gasteiger partial charge >= 0.3 is 22.1 Å². The van der Waals surface area contributed by atoms with E-state index in [2.05, 4.69) is 31.1 Å². The molecule has 4 aromatic carbocycles. The van der Waals surface area contributed by atoms with Crippen molar-refractivity contribution < 1.29 is 63.1 Å². The van der Waals surface area contributed by atoms with Crippen LogP contribution in [-0.2, 0) is 50.6 Å². The van der Waals surface area contributed by atoms with Gasteiger partial charge in [0.05, 0.1) is 16.0 Å². The summed E-state index contributed by atoms with van der Waals surface area (Å²) >= 11 is 0. The molecule has 0 aliphatic carbocycles. The molecule has 19 heteroatoms. The van der Waals surface area contributed by atoms with Crippen LogP contribution >= 0.6 is 0 Å². The molecule has 0 fully saturated rings. The van der Waals surface area contributed by atoms with E-state index in [0.717, 1.165) is 117 Å². The number of rotatable bonds is 12. The van der Waals surface area contributed by atoms with Gasteiger partial charge in [0.2, 0.25) is 32.8 Å². The molecule has 5 aliphatic heterocycles. The maximum Gasteiger partial charge on any atom is 0.336 e. The van der Waals surface area contributed by atoms with Crippen LogP contribution in [0.25, 0.3) is 5.57 Å². The summed E-state index contributed by atoms with van der Waals surface area (Å²) < 4.78 is 132. The second kappa shape index (κ2) is 16.3. The normalized spacial score (nSPS) is 16.4. The second-order valence-corrected chi connectivity index (χ2v) is 19.6. The number of unbranched alkanes of at least 4 members (excludes halogenated alkanes) is 2. The fourth-order valence-electron chi connectivity index (χ4n) is 9.82. The Morgan fingerprint density at radius 1 is 0.794 bits per heavy atom. The van der Waals surface area contributed by atoms with Crippen LogP contribution in [0.5, 0.6) is 17.2 Å². The Hall–Kier alpha value is -5.37. The van der Waals surface area contributed by atoms with Gasteiger partial charge in [0, 0.05) is 72.1 Å². The fraction of sp³-hybridized carbons (Fsp3) is 0.386. The number of carbonyl (C=O) groups excluding carboxylic acids is 1. The number of carbonyl (C=O) groups is 2. The number of aromatic carboxylic acids is 1. The molecule has 0 saturated carbocycles. The first kappa shape index (κ1) is 42.9. The summed E-state index contributed by atoms with van der Waals surface area (Å²) in [5.41, 5.74) is 7.46. The third-order valence-corrected chi connectivity index (χ3v) is 14.8. The van der Waals surface area contributed by atoms with Gasteiger partial charge in [0.15, 0.2) is 16.5 Å². The summed E-state index contributed by atoms with van der Waals surface area (Å²) in [6, 6.07) is 8.35. The number of anilines is 1. The van der Waals surface area contributed by atoms with Crippen LogP contribution in [-0.4, -0.2) is 71.2 Å². The van der Waals surface area contributed by atoms with Gasteiger partial charge < -0.3 is 19.5 Å². The van der Waals surface area contributed by atoms with Crippen molar-refractivity contribution in [3.8, 4) is 17.2 Å². The van der Waals surface area contributed by atoms with Crippen molar-refractivity contribution in [2.45, 2.75) is 86.8 Å². The largest absolute Gasteiger partial charge is 0.478 e. The minimum Gasteiger partial charge on any atom is -0.478 e. The number of nitrogens with one attached hydrogen (secondary N) is 1. The first-order valence-corrected chi connectivity index (χ1v) is 23.8. The van der Waals surface area contributed by atoms with E-state index in [1.807, 2.05) is 0 Å². The van der Waals surface area contributed by atoms with E-state index in [-0.39, 0.29) is 36.3 Å². The predicted octanol–water partition coefficient (Wildman–Crippen LogP) is 5.07. The van der Waals surface area contributed by atoms with Crippen LogP contribution in [0.1, 0.15) is 95.1 Å². The van der Waals surface area contributed by atoms with Gasteiger partial charge in [-0.25, -0.2) is 31.3 Å². The van der Waals surface area contributed by atoms with Crippen LogP contribution in [0.2, 0.25) is 0 Å². The monoisotopic (exact) mass is 912 g/mol. The molecule has 63 heavy (non-hydrogen) atoms. The number of aryl methyl sites for hydroxylation is 2. The Balaban J connectivity index is 0.976. The Labute approximate surface area is 359 Å². The molecule has 13 nitrogen and oxygen atoms in total. The van der Waals surface area contributed by atoms with Crippen LogP contribution in [0.15, 0.2) is 40.1 Å². The van der Waals surface area contributed by atoms with Crippen molar-refractivity contribution in [2.75, 3.05) is 37.6 Å². The van der Waals surface area contributed by atoms with Gasteiger partial charge in [-0.05, 0) is 86.8 Å². The van der Waals surface area contributed by atoms with E-state index in [4.69, 9.17) is 9.29 Å².